The zero-order valence-corrected chi connectivity index (χ0v) is 12.7. The number of nitrogens with zero attached hydrogens (tertiary/aromatic N) is 2. The van der Waals surface area contributed by atoms with E-state index in [1.807, 2.05) is 39.2 Å². The summed E-state index contributed by atoms with van der Waals surface area (Å²) in [6.07, 6.45) is 2.79. The Morgan fingerprint density at radius 3 is 2.95 bits per heavy atom. The predicted octanol–water partition coefficient (Wildman–Crippen LogP) is 2.47. The molecule has 2 rings (SSSR count). The van der Waals surface area contributed by atoms with Gasteiger partial charge in [0, 0.05) is 18.3 Å². The third-order valence-electron chi connectivity index (χ3n) is 3.15. The van der Waals surface area contributed by atoms with Crippen LogP contribution in [0.5, 0.6) is 0 Å². The van der Waals surface area contributed by atoms with Crippen molar-refractivity contribution in [2.45, 2.75) is 26.8 Å². The van der Waals surface area contributed by atoms with Crippen LogP contribution >= 0.6 is 0 Å². The minimum absolute atomic E-state index is 0.293. The Labute approximate surface area is 124 Å². The number of nitrogens with one attached hydrogen (secondary N) is 1. The molecule has 0 amide bonds. The number of aromatic nitrogens is 2. The molecule has 1 N–H and O–H groups in total. The molecule has 2 aromatic rings. The lowest BCUT2D eigenvalue weighted by atomic mass is 10.2. The maximum Gasteiger partial charge on any atom is 0.338 e. The summed E-state index contributed by atoms with van der Waals surface area (Å²) >= 11 is 0. The molecule has 0 spiro atoms. The minimum atomic E-state index is -0.293. The van der Waals surface area contributed by atoms with Crippen molar-refractivity contribution in [3.8, 4) is 5.69 Å². The summed E-state index contributed by atoms with van der Waals surface area (Å²) in [5, 5.41) is 7.60. The lowest BCUT2D eigenvalue weighted by molar-refractivity contribution is 0.0505. The van der Waals surface area contributed by atoms with Crippen LogP contribution < -0.4 is 5.32 Å². The molecule has 0 aliphatic carbocycles. The lowest BCUT2D eigenvalue weighted by Crippen LogP contribution is -2.07. The van der Waals surface area contributed by atoms with E-state index in [1.54, 1.807) is 16.8 Å². The highest BCUT2D eigenvalue weighted by molar-refractivity contribution is 5.90. The molecule has 5 heteroatoms. The summed E-state index contributed by atoms with van der Waals surface area (Å²) < 4.78 is 6.95. The topological polar surface area (TPSA) is 56.1 Å². The Hall–Kier alpha value is -2.14. The van der Waals surface area contributed by atoms with E-state index in [0.29, 0.717) is 12.2 Å². The highest BCUT2D eigenvalue weighted by Gasteiger charge is 2.10. The number of carbonyl (C=O) groups excluding carboxylic acids is 1. The third kappa shape index (κ3) is 3.70. The van der Waals surface area contributed by atoms with Crippen LogP contribution in [0.4, 0.5) is 0 Å². The van der Waals surface area contributed by atoms with Gasteiger partial charge in [-0.05, 0) is 38.6 Å². The van der Waals surface area contributed by atoms with Gasteiger partial charge in [0.25, 0.3) is 0 Å². The zero-order valence-electron chi connectivity index (χ0n) is 12.7. The Balaban J connectivity index is 2.24. The Morgan fingerprint density at radius 2 is 2.24 bits per heavy atom. The molecule has 0 radical (unpaired) electrons. The van der Waals surface area contributed by atoms with Crippen LogP contribution in [0.15, 0.2) is 30.5 Å². The zero-order chi connectivity index (χ0) is 15.2. The molecule has 0 saturated carbocycles. The van der Waals surface area contributed by atoms with Crippen LogP contribution in [-0.2, 0) is 11.3 Å². The fourth-order valence-electron chi connectivity index (χ4n) is 2.05. The largest absolute Gasteiger partial charge is 0.462 e. The average molecular weight is 287 g/mol. The maximum atomic E-state index is 11.9. The first-order valence-electron chi connectivity index (χ1n) is 7.13. The van der Waals surface area contributed by atoms with Crippen molar-refractivity contribution in [2.75, 3.05) is 13.7 Å². The highest BCUT2D eigenvalue weighted by atomic mass is 16.5. The Kier molecular flexibility index (Phi) is 5.11. The molecule has 5 nitrogen and oxygen atoms in total. The van der Waals surface area contributed by atoms with Crippen molar-refractivity contribution in [1.82, 2.24) is 15.1 Å². The summed E-state index contributed by atoms with van der Waals surface area (Å²) in [6.45, 7) is 5.16. The van der Waals surface area contributed by atoms with Gasteiger partial charge in [-0.25, -0.2) is 9.48 Å². The van der Waals surface area contributed by atoms with Gasteiger partial charge in [-0.3, -0.25) is 0 Å². The first kappa shape index (κ1) is 15.3. The normalized spacial score (nSPS) is 10.6. The smallest absolute Gasteiger partial charge is 0.338 e. The number of ether oxygens (including phenoxy) is 1. The van der Waals surface area contributed by atoms with Gasteiger partial charge in [-0.2, -0.15) is 5.10 Å². The number of hydrogen-bond acceptors (Lipinski definition) is 4. The van der Waals surface area contributed by atoms with Crippen LogP contribution in [0.2, 0.25) is 0 Å². The molecule has 0 aliphatic rings. The fourth-order valence-corrected chi connectivity index (χ4v) is 2.05. The van der Waals surface area contributed by atoms with E-state index in [0.717, 1.165) is 29.9 Å². The van der Waals surface area contributed by atoms with Gasteiger partial charge < -0.3 is 10.1 Å². The second-order valence-electron chi connectivity index (χ2n) is 4.90. The Morgan fingerprint density at radius 1 is 1.43 bits per heavy atom. The molecule has 0 unspecified atom stereocenters. The van der Waals surface area contributed by atoms with Crippen molar-refractivity contribution in [2.24, 2.45) is 0 Å². The molecule has 1 aromatic carbocycles. The monoisotopic (exact) mass is 287 g/mol. The van der Waals surface area contributed by atoms with Crippen LogP contribution in [0.25, 0.3) is 5.69 Å². The van der Waals surface area contributed by atoms with Crippen molar-refractivity contribution >= 4 is 5.97 Å². The van der Waals surface area contributed by atoms with Crippen molar-refractivity contribution in [1.29, 1.82) is 0 Å². The van der Waals surface area contributed by atoms with Gasteiger partial charge in [0.05, 0.1) is 23.6 Å². The number of esters is 1. The second-order valence-corrected chi connectivity index (χ2v) is 4.90. The van der Waals surface area contributed by atoms with Crippen molar-refractivity contribution in [3.63, 3.8) is 0 Å². The molecule has 0 saturated heterocycles. The van der Waals surface area contributed by atoms with Crippen LogP contribution in [-0.4, -0.2) is 29.4 Å². The van der Waals surface area contributed by atoms with Crippen LogP contribution in [0.3, 0.4) is 0 Å². The Bertz CT molecular complexity index is 620. The maximum absolute atomic E-state index is 11.9. The molecule has 112 valence electrons. The van der Waals surface area contributed by atoms with E-state index in [-0.39, 0.29) is 5.97 Å². The first-order valence-corrected chi connectivity index (χ1v) is 7.13. The fraction of sp³-hybridized carbons (Fsp3) is 0.375. The minimum Gasteiger partial charge on any atom is -0.462 e. The first-order chi connectivity index (χ1) is 10.2. The molecule has 0 atom stereocenters. The van der Waals surface area contributed by atoms with Crippen molar-refractivity contribution < 1.29 is 9.53 Å². The second kappa shape index (κ2) is 7.04. The number of carbonyl (C=O) groups is 1. The van der Waals surface area contributed by atoms with Gasteiger partial charge in [-0.15, -0.1) is 0 Å². The molecule has 1 heterocycles. The van der Waals surface area contributed by atoms with E-state index in [9.17, 15) is 4.79 Å². The van der Waals surface area contributed by atoms with Gasteiger partial charge >= 0.3 is 5.97 Å². The molecule has 0 bridgehead atoms. The summed E-state index contributed by atoms with van der Waals surface area (Å²) in [6, 6.07) is 7.32. The molecular formula is C16H21N3O2. The standard InChI is InChI=1S/C16H21N3O2/c1-4-8-21-16(20)13-6-5-7-15(9-13)19-11-14(10-17-3)12(2)18-19/h5-7,9,11,17H,4,8,10H2,1-3H3. The van der Waals surface area contributed by atoms with Gasteiger partial charge in [0.1, 0.15) is 0 Å². The number of hydrogen-bond donors (Lipinski definition) is 1. The summed E-state index contributed by atoms with van der Waals surface area (Å²) in [5.74, 6) is -0.293. The average Bonchev–Trinajstić information content (AvgIpc) is 2.86. The van der Waals surface area contributed by atoms with Crippen LogP contribution in [0, 0.1) is 6.92 Å². The molecule has 1 aromatic heterocycles. The molecular weight excluding hydrogens is 266 g/mol. The summed E-state index contributed by atoms with van der Waals surface area (Å²) in [7, 11) is 1.90. The van der Waals surface area contributed by atoms with E-state index in [4.69, 9.17) is 4.74 Å². The third-order valence-corrected chi connectivity index (χ3v) is 3.15. The summed E-state index contributed by atoms with van der Waals surface area (Å²) in [4.78, 5) is 11.9. The highest BCUT2D eigenvalue weighted by Crippen LogP contribution is 2.14. The summed E-state index contributed by atoms with van der Waals surface area (Å²) in [5.41, 5.74) is 3.51. The van der Waals surface area contributed by atoms with Crippen molar-refractivity contribution in [3.05, 3.63) is 47.3 Å². The SMILES string of the molecule is CCCOC(=O)c1cccc(-n2cc(CNC)c(C)n2)c1. The van der Waals surface area contributed by atoms with Crippen LogP contribution in [0.1, 0.15) is 35.0 Å². The van der Waals surface area contributed by atoms with E-state index in [1.165, 1.54) is 0 Å². The lowest BCUT2D eigenvalue weighted by Gasteiger charge is -2.06. The quantitative estimate of drug-likeness (QED) is 0.829. The van der Waals surface area contributed by atoms with Gasteiger partial charge in [0.2, 0.25) is 0 Å². The molecule has 0 fully saturated rings. The van der Waals surface area contributed by atoms with E-state index in [2.05, 4.69) is 10.4 Å². The number of benzene rings is 1. The van der Waals surface area contributed by atoms with Gasteiger partial charge in [-0.1, -0.05) is 13.0 Å². The van der Waals surface area contributed by atoms with Gasteiger partial charge in [0.15, 0.2) is 0 Å². The van der Waals surface area contributed by atoms with E-state index < -0.39 is 0 Å². The number of rotatable bonds is 6. The van der Waals surface area contributed by atoms with E-state index >= 15 is 0 Å². The molecule has 0 aliphatic heterocycles. The predicted molar refractivity (Wildman–Crippen MR) is 81.6 cm³/mol. The molecule has 21 heavy (non-hydrogen) atoms. The number of aryl methyl sites for hydroxylation is 1.